The summed E-state index contributed by atoms with van der Waals surface area (Å²) < 4.78 is 0. The molecule has 2 nitrogen and oxygen atoms in total. The molecule has 1 aliphatic carbocycles. The predicted molar refractivity (Wildman–Crippen MR) is 70.9 cm³/mol. The van der Waals surface area contributed by atoms with Crippen LogP contribution in [0.2, 0.25) is 0 Å². The molecule has 1 saturated carbocycles. The molecule has 1 fully saturated rings. The third-order valence-electron chi connectivity index (χ3n) is 4.21. The summed E-state index contributed by atoms with van der Waals surface area (Å²) >= 11 is 0. The molecule has 3 atom stereocenters. The van der Waals surface area contributed by atoms with Crippen molar-refractivity contribution in [2.45, 2.75) is 52.3 Å². The lowest BCUT2D eigenvalue weighted by molar-refractivity contribution is -0.0754. The van der Waals surface area contributed by atoms with Gasteiger partial charge in [0.2, 0.25) is 0 Å². The molecule has 1 aromatic carbocycles. The number of aliphatic hydroxyl groups excluding tert-OH is 1. The lowest BCUT2D eigenvalue weighted by Gasteiger charge is -2.50. The van der Waals surface area contributed by atoms with Gasteiger partial charge in [0.15, 0.2) is 0 Å². The number of hydrogen-bond donors (Lipinski definition) is 2. The molecule has 0 radical (unpaired) electrons. The van der Waals surface area contributed by atoms with Crippen molar-refractivity contribution in [3.05, 3.63) is 35.4 Å². The van der Waals surface area contributed by atoms with Crippen LogP contribution in [0.1, 0.15) is 44.4 Å². The summed E-state index contributed by atoms with van der Waals surface area (Å²) in [6.07, 6.45) is 0.702. The number of aliphatic hydroxyl groups is 1. The molecule has 1 aliphatic rings. The van der Waals surface area contributed by atoms with E-state index in [1.54, 1.807) is 0 Å². The van der Waals surface area contributed by atoms with E-state index in [0.717, 1.165) is 6.42 Å². The molecular formula is C15H23NO. The molecule has 17 heavy (non-hydrogen) atoms. The van der Waals surface area contributed by atoms with E-state index in [9.17, 15) is 5.11 Å². The molecule has 0 aliphatic heterocycles. The smallest absolute Gasteiger partial charge is 0.0621 e. The van der Waals surface area contributed by atoms with Crippen LogP contribution >= 0.6 is 0 Å². The number of nitrogens with one attached hydrogen (secondary N) is 1. The number of hydrogen-bond acceptors (Lipinski definition) is 2. The molecule has 94 valence electrons. The lowest BCUT2D eigenvalue weighted by Crippen LogP contribution is -2.60. The van der Waals surface area contributed by atoms with Crippen LogP contribution in [0.5, 0.6) is 0 Å². The minimum Gasteiger partial charge on any atom is -0.392 e. The first-order chi connectivity index (χ1) is 7.91. The van der Waals surface area contributed by atoms with Crippen LogP contribution in [0.4, 0.5) is 0 Å². The number of rotatable bonds is 3. The predicted octanol–water partition coefficient (Wildman–Crippen LogP) is 2.81. The first kappa shape index (κ1) is 12.6. The van der Waals surface area contributed by atoms with Gasteiger partial charge in [0, 0.05) is 17.5 Å². The highest BCUT2D eigenvalue weighted by molar-refractivity contribution is 5.25. The topological polar surface area (TPSA) is 32.3 Å². The highest BCUT2D eigenvalue weighted by atomic mass is 16.3. The molecule has 0 spiro atoms. The maximum atomic E-state index is 9.73. The normalized spacial score (nSPS) is 28.5. The van der Waals surface area contributed by atoms with Crippen molar-refractivity contribution in [2.75, 3.05) is 0 Å². The van der Waals surface area contributed by atoms with Crippen molar-refractivity contribution < 1.29 is 5.11 Å². The van der Waals surface area contributed by atoms with Gasteiger partial charge in [0.1, 0.15) is 0 Å². The van der Waals surface area contributed by atoms with Crippen molar-refractivity contribution in [2.24, 2.45) is 5.41 Å². The highest BCUT2D eigenvalue weighted by Gasteiger charge is 2.47. The first-order valence-electron chi connectivity index (χ1n) is 6.42. The minimum atomic E-state index is -0.162. The third kappa shape index (κ3) is 2.38. The summed E-state index contributed by atoms with van der Waals surface area (Å²) in [6, 6.07) is 9.35. The summed E-state index contributed by atoms with van der Waals surface area (Å²) in [5.74, 6) is 0. The Hall–Kier alpha value is -0.860. The summed E-state index contributed by atoms with van der Waals surface area (Å²) in [4.78, 5) is 0. The number of benzene rings is 1. The third-order valence-corrected chi connectivity index (χ3v) is 4.21. The zero-order chi connectivity index (χ0) is 12.6. The number of aryl methyl sites for hydroxylation is 1. The van der Waals surface area contributed by atoms with Crippen LogP contribution in [-0.4, -0.2) is 17.3 Å². The molecule has 2 N–H and O–H groups in total. The van der Waals surface area contributed by atoms with E-state index in [1.165, 1.54) is 11.1 Å². The summed E-state index contributed by atoms with van der Waals surface area (Å²) in [7, 11) is 0. The summed E-state index contributed by atoms with van der Waals surface area (Å²) in [5.41, 5.74) is 2.61. The molecule has 0 saturated heterocycles. The Morgan fingerprint density at radius 3 is 2.65 bits per heavy atom. The first-order valence-corrected chi connectivity index (χ1v) is 6.42. The van der Waals surface area contributed by atoms with Gasteiger partial charge in [-0.15, -0.1) is 0 Å². The molecule has 2 rings (SSSR count). The molecule has 2 heteroatoms. The van der Waals surface area contributed by atoms with Gasteiger partial charge in [-0.05, 0) is 25.8 Å². The van der Waals surface area contributed by atoms with E-state index in [-0.39, 0.29) is 11.5 Å². The van der Waals surface area contributed by atoms with Crippen molar-refractivity contribution >= 4 is 0 Å². The van der Waals surface area contributed by atoms with Crippen LogP contribution in [-0.2, 0) is 0 Å². The molecule has 0 bridgehead atoms. The Morgan fingerprint density at radius 1 is 1.41 bits per heavy atom. The lowest BCUT2D eigenvalue weighted by atomic mass is 9.64. The standard InChI is InChI=1S/C15H23NO/c1-10-6-5-7-12(8-10)11(2)16-13-9-14(17)15(13,3)4/h5-8,11,13-14,16-17H,9H2,1-4H3/t11-,13?,14?/m1/s1. The van der Waals surface area contributed by atoms with Gasteiger partial charge >= 0.3 is 0 Å². The van der Waals surface area contributed by atoms with E-state index in [0.29, 0.717) is 12.1 Å². The van der Waals surface area contributed by atoms with Crippen molar-refractivity contribution in [1.82, 2.24) is 5.32 Å². The van der Waals surface area contributed by atoms with Gasteiger partial charge in [0.25, 0.3) is 0 Å². The van der Waals surface area contributed by atoms with Crippen molar-refractivity contribution in [3.8, 4) is 0 Å². The molecule has 0 heterocycles. The summed E-state index contributed by atoms with van der Waals surface area (Å²) in [6.45, 7) is 8.56. The quantitative estimate of drug-likeness (QED) is 0.841. The SMILES string of the molecule is Cc1cccc([C@@H](C)NC2CC(O)C2(C)C)c1. The fraction of sp³-hybridized carbons (Fsp3) is 0.600. The molecule has 2 unspecified atom stereocenters. The van der Waals surface area contributed by atoms with Crippen LogP contribution in [0, 0.1) is 12.3 Å². The van der Waals surface area contributed by atoms with Crippen LogP contribution in [0.15, 0.2) is 24.3 Å². The second kappa shape index (κ2) is 4.43. The van der Waals surface area contributed by atoms with Crippen molar-refractivity contribution in [3.63, 3.8) is 0 Å². The zero-order valence-corrected chi connectivity index (χ0v) is 11.2. The Morgan fingerprint density at radius 2 is 2.12 bits per heavy atom. The Bertz CT molecular complexity index is 400. The van der Waals surface area contributed by atoms with E-state index in [2.05, 4.69) is 57.3 Å². The van der Waals surface area contributed by atoms with Crippen molar-refractivity contribution in [1.29, 1.82) is 0 Å². The molecule has 0 aromatic heterocycles. The van der Waals surface area contributed by atoms with E-state index in [1.807, 2.05) is 0 Å². The molecule has 1 aromatic rings. The Balaban J connectivity index is 2.01. The minimum absolute atomic E-state index is 0.00190. The van der Waals surface area contributed by atoms with Gasteiger partial charge in [-0.3, -0.25) is 0 Å². The fourth-order valence-electron chi connectivity index (χ4n) is 2.52. The fourth-order valence-corrected chi connectivity index (χ4v) is 2.52. The highest BCUT2D eigenvalue weighted by Crippen LogP contribution is 2.41. The second-order valence-electron chi connectivity index (χ2n) is 5.93. The molecular weight excluding hydrogens is 210 g/mol. The van der Waals surface area contributed by atoms with Crippen LogP contribution < -0.4 is 5.32 Å². The average Bonchev–Trinajstić information content (AvgIpc) is 2.28. The average molecular weight is 233 g/mol. The van der Waals surface area contributed by atoms with E-state index < -0.39 is 0 Å². The Labute approximate surface area is 104 Å². The molecule has 0 amide bonds. The van der Waals surface area contributed by atoms with Gasteiger partial charge in [-0.1, -0.05) is 43.7 Å². The Kier molecular flexibility index (Phi) is 3.28. The largest absolute Gasteiger partial charge is 0.392 e. The second-order valence-corrected chi connectivity index (χ2v) is 5.93. The summed E-state index contributed by atoms with van der Waals surface area (Å²) in [5, 5.41) is 13.4. The maximum absolute atomic E-state index is 9.73. The van der Waals surface area contributed by atoms with E-state index in [4.69, 9.17) is 0 Å². The van der Waals surface area contributed by atoms with Crippen LogP contribution in [0.25, 0.3) is 0 Å². The zero-order valence-electron chi connectivity index (χ0n) is 11.2. The van der Waals surface area contributed by atoms with Crippen LogP contribution in [0.3, 0.4) is 0 Å². The van der Waals surface area contributed by atoms with E-state index >= 15 is 0 Å². The van der Waals surface area contributed by atoms with Gasteiger partial charge in [0.05, 0.1) is 6.10 Å². The van der Waals surface area contributed by atoms with Gasteiger partial charge in [-0.25, -0.2) is 0 Å². The monoisotopic (exact) mass is 233 g/mol. The van der Waals surface area contributed by atoms with Gasteiger partial charge in [-0.2, -0.15) is 0 Å². The van der Waals surface area contributed by atoms with Gasteiger partial charge < -0.3 is 10.4 Å². The maximum Gasteiger partial charge on any atom is 0.0621 e.